The van der Waals surface area contributed by atoms with Crippen molar-refractivity contribution in [2.45, 2.75) is 48.5 Å². The topological polar surface area (TPSA) is 43.1 Å². The molecule has 0 atom stereocenters. The van der Waals surface area contributed by atoms with Crippen molar-refractivity contribution in [3.63, 3.8) is 0 Å². The van der Waals surface area contributed by atoms with Gasteiger partial charge in [0.15, 0.2) is 11.5 Å². The van der Waals surface area contributed by atoms with Gasteiger partial charge in [-0.05, 0) is 76.3 Å². The van der Waals surface area contributed by atoms with Crippen molar-refractivity contribution in [1.82, 2.24) is 5.16 Å². The second-order valence-electron chi connectivity index (χ2n) is 5.53. The highest BCUT2D eigenvalue weighted by atomic mass is 16.5. The zero-order valence-corrected chi connectivity index (χ0v) is 13.3. The number of hydrogen-bond donors (Lipinski definition) is 0. The average Bonchev–Trinajstić information content (AvgIpc) is 2.76. The Morgan fingerprint density at radius 1 is 0.850 bits per heavy atom. The summed E-state index contributed by atoms with van der Waals surface area (Å²) in [5.41, 5.74) is 8.36. The van der Waals surface area contributed by atoms with E-state index in [0.717, 1.165) is 16.7 Å². The van der Waals surface area contributed by atoms with Crippen molar-refractivity contribution in [2.75, 3.05) is 0 Å². The Bertz CT molecular complexity index is 679. The van der Waals surface area contributed by atoms with E-state index in [1.165, 1.54) is 16.7 Å². The summed E-state index contributed by atoms with van der Waals surface area (Å²) in [6, 6.07) is 0. The number of hydrogen-bond acceptors (Lipinski definition) is 3. The number of aryl methyl sites for hydroxylation is 1. The van der Waals surface area contributed by atoms with Gasteiger partial charge in [-0.3, -0.25) is 4.79 Å². The van der Waals surface area contributed by atoms with Crippen LogP contribution in [0.1, 0.15) is 50.8 Å². The highest BCUT2D eigenvalue weighted by Crippen LogP contribution is 2.36. The maximum atomic E-state index is 11.9. The lowest BCUT2D eigenvalue weighted by Crippen LogP contribution is -2.02. The van der Waals surface area contributed by atoms with Gasteiger partial charge in [0.1, 0.15) is 0 Å². The van der Waals surface area contributed by atoms with Gasteiger partial charge in [-0.1, -0.05) is 5.16 Å². The molecular formula is C17H21NO2. The molecule has 0 amide bonds. The van der Waals surface area contributed by atoms with Crippen LogP contribution in [0.25, 0.3) is 11.3 Å². The van der Waals surface area contributed by atoms with Crippen LogP contribution < -0.4 is 0 Å². The number of carbonyl (C=O) groups excluding carboxylic acids is 1. The third-order valence-corrected chi connectivity index (χ3v) is 4.44. The van der Waals surface area contributed by atoms with Gasteiger partial charge in [0, 0.05) is 5.56 Å². The summed E-state index contributed by atoms with van der Waals surface area (Å²) in [5, 5.41) is 3.98. The third-order valence-electron chi connectivity index (χ3n) is 4.44. The standard InChI is InChI=1S/C17H21NO2/c1-8-9(2)11(4)15(12(5)10(8)3)17-16(14(7)19)13(6)18-20-17/h1-7H3. The van der Waals surface area contributed by atoms with E-state index in [0.29, 0.717) is 17.0 Å². The summed E-state index contributed by atoms with van der Waals surface area (Å²) in [5.74, 6) is 0.602. The van der Waals surface area contributed by atoms with Crippen molar-refractivity contribution in [3.05, 3.63) is 39.1 Å². The molecule has 0 bridgehead atoms. The molecule has 0 saturated carbocycles. The van der Waals surface area contributed by atoms with Crippen LogP contribution in [0.4, 0.5) is 0 Å². The summed E-state index contributed by atoms with van der Waals surface area (Å²) in [6.07, 6.45) is 0. The smallest absolute Gasteiger partial charge is 0.178 e. The number of benzene rings is 1. The van der Waals surface area contributed by atoms with Gasteiger partial charge in [-0.15, -0.1) is 0 Å². The Balaban J connectivity index is 2.88. The van der Waals surface area contributed by atoms with Gasteiger partial charge in [0.05, 0.1) is 11.3 Å². The fourth-order valence-electron chi connectivity index (χ4n) is 2.80. The SMILES string of the molecule is CC(=O)c1c(C)noc1-c1c(C)c(C)c(C)c(C)c1C. The highest BCUT2D eigenvalue weighted by Gasteiger charge is 2.23. The van der Waals surface area contributed by atoms with Gasteiger partial charge in [-0.25, -0.2) is 0 Å². The molecule has 0 aliphatic carbocycles. The van der Waals surface area contributed by atoms with E-state index in [9.17, 15) is 4.79 Å². The molecule has 20 heavy (non-hydrogen) atoms. The average molecular weight is 271 g/mol. The molecule has 0 saturated heterocycles. The molecule has 0 N–H and O–H groups in total. The predicted molar refractivity (Wildman–Crippen MR) is 80.4 cm³/mol. The lowest BCUT2D eigenvalue weighted by atomic mass is 9.87. The first-order chi connectivity index (χ1) is 9.27. The number of Topliss-reactive ketones (excluding diaryl/α,β-unsaturated/α-hetero) is 1. The van der Waals surface area contributed by atoms with Gasteiger partial charge in [-0.2, -0.15) is 0 Å². The normalized spacial score (nSPS) is 10.9. The number of aromatic nitrogens is 1. The lowest BCUT2D eigenvalue weighted by molar-refractivity contribution is 0.101. The molecule has 3 nitrogen and oxygen atoms in total. The molecule has 0 unspecified atom stereocenters. The molecule has 1 aromatic carbocycles. The van der Waals surface area contributed by atoms with Gasteiger partial charge >= 0.3 is 0 Å². The molecule has 106 valence electrons. The molecule has 3 heteroatoms. The fourth-order valence-corrected chi connectivity index (χ4v) is 2.80. The van der Waals surface area contributed by atoms with Gasteiger partial charge in [0.2, 0.25) is 0 Å². The molecule has 0 spiro atoms. The Morgan fingerprint density at radius 2 is 1.30 bits per heavy atom. The molecule has 1 heterocycles. The summed E-state index contributed by atoms with van der Waals surface area (Å²) < 4.78 is 5.48. The van der Waals surface area contributed by atoms with E-state index < -0.39 is 0 Å². The van der Waals surface area contributed by atoms with Crippen LogP contribution in [0, 0.1) is 41.5 Å². The number of carbonyl (C=O) groups is 1. The summed E-state index contributed by atoms with van der Waals surface area (Å²) in [6.45, 7) is 13.9. The maximum Gasteiger partial charge on any atom is 0.178 e. The van der Waals surface area contributed by atoms with E-state index >= 15 is 0 Å². The predicted octanol–water partition coefficient (Wildman–Crippen LogP) is 4.39. The van der Waals surface area contributed by atoms with Crippen molar-refractivity contribution < 1.29 is 9.32 Å². The number of nitrogens with zero attached hydrogens (tertiary/aromatic N) is 1. The van der Waals surface area contributed by atoms with Gasteiger partial charge in [0.25, 0.3) is 0 Å². The van der Waals surface area contributed by atoms with Crippen LogP contribution in [0.5, 0.6) is 0 Å². The Morgan fingerprint density at radius 3 is 1.75 bits per heavy atom. The van der Waals surface area contributed by atoms with Crippen molar-refractivity contribution >= 4 is 5.78 Å². The van der Waals surface area contributed by atoms with Crippen LogP contribution >= 0.6 is 0 Å². The molecule has 0 radical (unpaired) electrons. The minimum atomic E-state index is -0.00608. The quantitative estimate of drug-likeness (QED) is 0.760. The molecule has 1 aromatic heterocycles. The first-order valence-electron chi connectivity index (χ1n) is 6.81. The van der Waals surface area contributed by atoms with Crippen LogP contribution in [0.2, 0.25) is 0 Å². The molecular weight excluding hydrogens is 250 g/mol. The highest BCUT2D eigenvalue weighted by molar-refractivity contribution is 6.01. The molecule has 2 aromatic rings. The maximum absolute atomic E-state index is 11.9. The summed E-state index contributed by atoms with van der Waals surface area (Å²) in [7, 11) is 0. The number of rotatable bonds is 2. The molecule has 0 aliphatic heterocycles. The van der Waals surface area contributed by atoms with Crippen LogP contribution in [-0.2, 0) is 0 Å². The van der Waals surface area contributed by atoms with E-state index in [4.69, 9.17) is 4.52 Å². The van der Waals surface area contributed by atoms with Crippen LogP contribution in [-0.4, -0.2) is 10.9 Å². The fraction of sp³-hybridized carbons (Fsp3) is 0.412. The number of ketones is 1. The second kappa shape index (κ2) is 4.89. The monoisotopic (exact) mass is 271 g/mol. The molecule has 2 rings (SSSR count). The van der Waals surface area contributed by atoms with Gasteiger partial charge < -0.3 is 4.52 Å². The zero-order valence-electron chi connectivity index (χ0n) is 13.3. The second-order valence-corrected chi connectivity index (χ2v) is 5.53. The van der Waals surface area contributed by atoms with Crippen molar-refractivity contribution in [1.29, 1.82) is 0 Å². The van der Waals surface area contributed by atoms with E-state index in [-0.39, 0.29) is 5.78 Å². The third kappa shape index (κ3) is 1.98. The van der Waals surface area contributed by atoms with Crippen molar-refractivity contribution in [2.24, 2.45) is 0 Å². The van der Waals surface area contributed by atoms with Crippen molar-refractivity contribution in [3.8, 4) is 11.3 Å². The summed E-state index contributed by atoms with van der Waals surface area (Å²) in [4.78, 5) is 11.9. The van der Waals surface area contributed by atoms with Crippen LogP contribution in [0.15, 0.2) is 4.52 Å². The summed E-state index contributed by atoms with van der Waals surface area (Å²) >= 11 is 0. The first-order valence-corrected chi connectivity index (χ1v) is 6.81. The lowest BCUT2D eigenvalue weighted by Gasteiger charge is -2.17. The minimum Gasteiger partial charge on any atom is -0.355 e. The zero-order chi connectivity index (χ0) is 15.2. The Kier molecular flexibility index (Phi) is 3.55. The van der Waals surface area contributed by atoms with Crippen LogP contribution in [0.3, 0.4) is 0 Å². The largest absolute Gasteiger partial charge is 0.355 e. The molecule has 0 aliphatic rings. The Labute approximate surface area is 120 Å². The van der Waals surface area contributed by atoms with E-state index in [1.54, 1.807) is 6.92 Å². The minimum absolute atomic E-state index is 0.00608. The molecule has 0 fully saturated rings. The van der Waals surface area contributed by atoms with E-state index in [1.807, 2.05) is 6.92 Å². The first kappa shape index (κ1) is 14.5. The Hall–Kier alpha value is -1.90. The van der Waals surface area contributed by atoms with E-state index in [2.05, 4.69) is 39.8 Å².